The number of oxime groups is 1. The van der Waals surface area contributed by atoms with E-state index in [1.165, 1.54) is 6.42 Å². The highest BCUT2D eigenvalue weighted by atomic mass is 16.7. The normalized spacial score (nSPS) is 37.1. The fourth-order valence-corrected chi connectivity index (χ4v) is 10.4. The van der Waals surface area contributed by atoms with Crippen LogP contribution in [0, 0.1) is 35.5 Å². The highest BCUT2D eigenvalue weighted by Gasteiger charge is 2.47. The molecule has 0 saturated carbocycles. The number of esters is 1. The molecule has 5 rings (SSSR count). The van der Waals surface area contributed by atoms with Crippen LogP contribution in [-0.2, 0) is 28.6 Å². The number of amides is 1. The van der Waals surface area contributed by atoms with Crippen LogP contribution in [0.25, 0.3) is 0 Å². The average molecular weight is 912 g/mol. The third-order valence-electron chi connectivity index (χ3n) is 14.1. The number of ether oxygens (including phenoxy) is 3. The molecule has 3 saturated heterocycles. The van der Waals surface area contributed by atoms with E-state index in [0.717, 1.165) is 30.9 Å². The number of allylic oxidation sites excluding steroid dienone is 3. The fraction of sp³-hybridized carbons (Fsp3) is 0.740. The molecule has 4 aliphatic rings. The fourth-order valence-electron chi connectivity index (χ4n) is 10.4. The van der Waals surface area contributed by atoms with E-state index < -0.39 is 66.8 Å². The molecule has 3 fully saturated rings. The Kier molecular flexibility index (Phi) is 20.3. The molecule has 65 heavy (non-hydrogen) atoms. The van der Waals surface area contributed by atoms with Gasteiger partial charge in [0.15, 0.2) is 12.9 Å². The van der Waals surface area contributed by atoms with Crippen molar-refractivity contribution < 1.29 is 49.1 Å². The summed E-state index contributed by atoms with van der Waals surface area (Å²) < 4.78 is 19.1. The molecule has 15 nitrogen and oxygen atoms in total. The maximum absolute atomic E-state index is 13.6. The lowest BCUT2D eigenvalue weighted by Gasteiger charge is -2.47. The maximum atomic E-state index is 13.6. The van der Waals surface area contributed by atoms with Gasteiger partial charge in [0.2, 0.25) is 0 Å². The van der Waals surface area contributed by atoms with Crippen molar-refractivity contribution in [2.45, 2.75) is 130 Å². The van der Waals surface area contributed by atoms with Gasteiger partial charge in [-0.3, -0.25) is 9.59 Å². The molecule has 0 radical (unpaired) electrons. The standard InChI is InChI=1S/C50H81N5O10/c1-10-43-39(30-56)25-32(2)16-17-41(51-62-31-44(58)55-22-20-54(21-23-55)40-14-12-11-13-15-40)35(5)26-38(18-19-53-28-33(3)24-34(4)29-53)49(36(6)42(57)27-45(59)64-43)65-50-48(61)46(52(8)9)47(60)37(7)63-50/h11-17,25,33-39,42-43,46-50,56-57,60-61H,10,18-24,26-31H2,1-9H3/b17-16+,32-25+,51-41-/t33?,34?,35-,36?,37+,38+,39?,42-,43-,46-,47+,48+,49-,50-/m1/s1. The minimum absolute atomic E-state index is 0.144. The van der Waals surface area contributed by atoms with Crippen molar-refractivity contribution in [1.29, 1.82) is 0 Å². The number of para-hydroxylation sites is 1. The first-order valence-electron chi connectivity index (χ1n) is 24.2. The van der Waals surface area contributed by atoms with Crippen molar-refractivity contribution in [2.75, 3.05) is 78.0 Å². The Morgan fingerprint density at radius 3 is 2.25 bits per heavy atom. The Morgan fingerprint density at radius 1 is 0.938 bits per heavy atom. The minimum Gasteiger partial charge on any atom is -0.462 e. The SMILES string of the molecule is CC[C@H]1OC(=O)C[C@@H](O)C(C)[C@@H](O[C@H]2O[C@@H](C)[C@H](O)[C@@H](N(C)C)[C@@H]2O)[C@@H](CCN2CC(C)CC(C)C2)C[C@@H](C)C(=N\OCC(=O)N2CCN(c3ccccc3)CC2)/C=C/C(C)=C/C1CO. The summed E-state index contributed by atoms with van der Waals surface area (Å²) in [5, 5.41) is 49.9. The predicted molar refractivity (Wildman–Crippen MR) is 252 cm³/mol. The predicted octanol–water partition coefficient (Wildman–Crippen LogP) is 4.33. The first kappa shape index (κ1) is 52.6. The molecule has 4 N–H and O–H groups in total. The van der Waals surface area contributed by atoms with Gasteiger partial charge in [-0.15, -0.1) is 0 Å². The Hall–Kier alpha value is -3.41. The number of piperidine rings is 1. The van der Waals surface area contributed by atoms with Gasteiger partial charge in [-0.2, -0.15) is 0 Å². The molecule has 1 aromatic carbocycles. The molecule has 0 bridgehead atoms. The van der Waals surface area contributed by atoms with Gasteiger partial charge in [-0.25, -0.2) is 0 Å². The van der Waals surface area contributed by atoms with Crippen LogP contribution in [0.2, 0.25) is 0 Å². The first-order valence-corrected chi connectivity index (χ1v) is 24.2. The number of likely N-dealkylation sites (N-methyl/N-ethyl adjacent to an activating group) is 1. The van der Waals surface area contributed by atoms with E-state index in [-0.39, 0.29) is 37.4 Å². The van der Waals surface area contributed by atoms with E-state index in [9.17, 15) is 30.0 Å². The number of rotatable bonds is 12. The Morgan fingerprint density at radius 2 is 1.62 bits per heavy atom. The first-order chi connectivity index (χ1) is 31.0. The third-order valence-corrected chi connectivity index (χ3v) is 14.1. The lowest BCUT2D eigenvalue weighted by atomic mass is 9.79. The number of benzene rings is 1. The van der Waals surface area contributed by atoms with Crippen LogP contribution in [0.15, 0.2) is 59.3 Å². The number of nitrogens with zero attached hydrogens (tertiary/aromatic N) is 5. The maximum Gasteiger partial charge on any atom is 0.308 e. The van der Waals surface area contributed by atoms with Crippen LogP contribution in [0.3, 0.4) is 0 Å². The lowest BCUT2D eigenvalue weighted by molar-refractivity contribution is -0.304. The molecular weight excluding hydrogens is 831 g/mol. The van der Waals surface area contributed by atoms with Gasteiger partial charge in [0.25, 0.3) is 5.91 Å². The van der Waals surface area contributed by atoms with E-state index >= 15 is 0 Å². The van der Waals surface area contributed by atoms with Gasteiger partial charge in [-0.05, 0) is 96.1 Å². The molecule has 1 aromatic rings. The van der Waals surface area contributed by atoms with Crippen LogP contribution >= 0.6 is 0 Å². The van der Waals surface area contributed by atoms with Crippen molar-refractivity contribution in [3.05, 3.63) is 54.1 Å². The largest absolute Gasteiger partial charge is 0.462 e. The average Bonchev–Trinajstić information content (AvgIpc) is 3.27. The van der Waals surface area contributed by atoms with E-state index in [4.69, 9.17) is 19.0 Å². The molecule has 14 atom stereocenters. The number of carbonyl (C=O) groups excluding carboxylic acids is 2. The number of hydrogen-bond acceptors (Lipinski definition) is 14. The van der Waals surface area contributed by atoms with Gasteiger partial charge >= 0.3 is 5.97 Å². The zero-order valence-corrected chi connectivity index (χ0v) is 40.6. The van der Waals surface area contributed by atoms with Crippen molar-refractivity contribution in [1.82, 2.24) is 14.7 Å². The summed E-state index contributed by atoms with van der Waals surface area (Å²) in [5.74, 6) is -1.31. The smallest absolute Gasteiger partial charge is 0.308 e. The summed E-state index contributed by atoms with van der Waals surface area (Å²) in [6.45, 7) is 18.8. The van der Waals surface area contributed by atoms with E-state index in [2.05, 4.69) is 47.9 Å². The van der Waals surface area contributed by atoms with Crippen LogP contribution in [0.1, 0.15) is 80.6 Å². The Balaban J connectivity index is 1.49. The second kappa shape index (κ2) is 25.1. The summed E-state index contributed by atoms with van der Waals surface area (Å²) in [4.78, 5) is 41.3. The monoisotopic (exact) mass is 912 g/mol. The van der Waals surface area contributed by atoms with Gasteiger partial charge in [0.1, 0.15) is 12.2 Å². The minimum atomic E-state index is -1.23. The molecule has 0 spiro atoms. The number of aliphatic hydroxyl groups excluding tert-OH is 4. The molecular formula is C50H81N5O10. The highest BCUT2D eigenvalue weighted by Crippen LogP contribution is 2.36. The van der Waals surface area contributed by atoms with Crippen molar-refractivity contribution in [3.8, 4) is 0 Å². The van der Waals surface area contributed by atoms with Crippen LogP contribution in [0.4, 0.5) is 5.69 Å². The zero-order chi connectivity index (χ0) is 47.4. The van der Waals surface area contributed by atoms with E-state index in [0.29, 0.717) is 63.0 Å². The van der Waals surface area contributed by atoms with E-state index in [1.54, 1.807) is 25.9 Å². The highest BCUT2D eigenvalue weighted by molar-refractivity contribution is 5.96. The number of piperazine rings is 1. The molecule has 0 aliphatic carbocycles. The van der Waals surface area contributed by atoms with Crippen LogP contribution < -0.4 is 4.90 Å². The lowest BCUT2D eigenvalue weighted by Crippen LogP contribution is -2.63. The second-order valence-corrected chi connectivity index (χ2v) is 19.8. The quantitative estimate of drug-likeness (QED) is 0.172. The van der Waals surface area contributed by atoms with Gasteiger partial charge in [-0.1, -0.05) is 75.7 Å². The Labute approximate surface area is 388 Å². The topological polar surface area (TPSA) is 177 Å². The van der Waals surface area contributed by atoms with Gasteiger partial charge < -0.3 is 59.1 Å². The van der Waals surface area contributed by atoms with Crippen molar-refractivity contribution >= 4 is 23.3 Å². The van der Waals surface area contributed by atoms with Crippen molar-refractivity contribution in [2.24, 2.45) is 40.7 Å². The third kappa shape index (κ3) is 14.8. The summed E-state index contributed by atoms with van der Waals surface area (Å²) in [5.41, 5.74) is 2.54. The summed E-state index contributed by atoms with van der Waals surface area (Å²) in [6.07, 6.45) is 1.55. The van der Waals surface area contributed by atoms with Crippen LogP contribution in [0.5, 0.6) is 0 Å². The second-order valence-electron chi connectivity index (χ2n) is 19.8. The molecule has 366 valence electrons. The summed E-state index contributed by atoms with van der Waals surface area (Å²) in [6, 6.07) is 9.50. The van der Waals surface area contributed by atoms with Gasteiger partial charge in [0.05, 0.1) is 49.2 Å². The zero-order valence-electron chi connectivity index (χ0n) is 40.6. The van der Waals surface area contributed by atoms with Crippen molar-refractivity contribution in [3.63, 3.8) is 0 Å². The number of carbonyl (C=O) groups is 2. The molecule has 4 aliphatic heterocycles. The van der Waals surface area contributed by atoms with Crippen LogP contribution in [-0.4, -0.2) is 175 Å². The summed E-state index contributed by atoms with van der Waals surface area (Å²) >= 11 is 0. The molecule has 4 heterocycles. The molecule has 4 unspecified atom stereocenters. The number of aliphatic hydroxyl groups is 4. The molecule has 15 heteroatoms. The molecule has 1 amide bonds. The van der Waals surface area contributed by atoms with Gasteiger partial charge in [0, 0.05) is 62.7 Å². The Bertz CT molecular complexity index is 1710. The number of anilines is 1. The van der Waals surface area contributed by atoms with E-state index in [1.807, 2.05) is 62.1 Å². The number of hydrogen-bond donors (Lipinski definition) is 4. The number of cyclic esters (lactones) is 1. The summed E-state index contributed by atoms with van der Waals surface area (Å²) in [7, 11) is 3.58. The number of likely N-dealkylation sites (tertiary alicyclic amines) is 1. The molecule has 0 aromatic heterocycles.